The molecule has 0 aromatic carbocycles. The second-order valence-corrected chi connectivity index (χ2v) is 5.14. The van der Waals surface area contributed by atoms with Crippen LogP contribution in [0.5, 0.6) is 0 Å². The first-order chi connectivity index (χ1) is 9.19. The normalized spacial score (nSPS) is 11.4. The Kier molecular flexibility index (Phi) is 4.68. The zero-order chi connectivity index (χ0) is 13.7. The summed E-state index contributed by atoms with van der Waals surface area (Å²) in [5.74, 6) is 1.54. The second-order valence-electron chi connectivity index (χ2n) is 5.14. The van der Waals surface area contributed by atoms with Gasteiger partial charge in [0.25, 0.3) is 0 Å². The molecule has 2 aromatic rings. The highest BCUT2D eigenvalue weighted by atomic mass is 15.3. The lowest BCUT2D eigenvalue weighted by Gasteiger charge is -2.08. The van der Waals surface area contributed by atoms with E-state index in [1.807, 2.05) is 18.1 Å². The number of hydrogen-bond acceptors (Lipinski definition) is 4. The predicted molar refractivity (Wildman–Crippen MR) is 73.8 cm³/mol. The van der Waals surface area contributed by atoms with Gasteiger partial charge in [-0.3, -0.25) is 0 Å². The molecule has 2 heterocycles. The van der Waals surface area contributed by atoms with Crippen molar-refractivity contribution < 1.29 is 0 Å². The topological polar surface area (TPSA) is 60.6 Å². The first-order valence-electron chi connectivity index (χ1n) is 6.71. The smallest absolute Gasteiger partial charge is 0.146 e. The summed E-state index contributed by atoms with van der Waals surface area (Å²) < 4.78 is 4.03. The van der Waals surface area contributed by atoms with Gasteiger partial charge in [-0.1, -0.05) is 13.8 Å². The van der Waals surface area contributed by atoms with Gasteiger partial charge in [0.2, 0.25) is 0 Å². The van der Waals surface area contributed by atoms with Gasteiger partial charge in [0.1, 0.15) is 12.2 Å². The monoisotopic (exact) mass is 262 g/mol. The highest BCUT2D eigenvalue weighted by Crippen LogP contribution is 2.05. The van der Waals surface area contributed by atoms with Crippen molar-refractivity contribution >= 4 is 0 Å². The van der Waals surface area contributed by atoms with Gasteiger partial charge in [-0.05, 0) is 13.0 Å². The third kappa shape index (κ3) is 3.89. The molecule has 0 bridgehead atoms. The van der Waals surface area contributed by atoms with Crippen LogP contribution in [-0.4, -0.2) is 37.9 Å². The minimum atomic E-state index is 0.564. The van der Waals surface area contributed by atoms with Gasteiger partial charge in [-0.25, -0.2) is 14.6 Å². The Hall–Kier alpha value is -1.69. The number of imidazole rings is 1. The van der Waals surface area contributed by atoms with Crippen LogP contribution < -0.4 is 5.32 Å². The molecule has 19 heavy (non-hydrogen) atoms. The van der Waals surface area contributed by atoms with Gasteiger partial charge >= 0.3 is 0 Å². The number of nitrogens with one attached hydrogen (secondary N) is 1. The molecule has 0 unspecified atom stereocenters. The summed E-state index contributed by atoms with van der Waals surface area (Å²) in [5, 5.41) is 7.40. The molecule has 1 N–H and O–H groups in total. The third-order valence-electron chi connectivity index (χ3n) is 2.88. The fourth-order valence-corrected chi connectivity index (χ4v) is 1.95. The van der Waals surface area contributed by atoms with E-state index in [1.54, 1.807) is 6.33 Å². The predicted octanol–water partition coefficient (Wildman–Crippen LogP) is 0.941. The van der Waals surface area contributed by atoms with Crippen LogP contribution in [0.25, 0.3) is 0 Å². The van der Waals surface area contributed by atoms with Crippen molar-refractivity contribution in [2.75, 3.05) is 13.6 Å². The maximum atomic E-state index is 4.39. The third-order valence-corrected chi connectivity index (χ3v) is 2.88. The summed E-state index contributed by atoms with van der Waals surface area (Å²) in [5.41, 5.74) is 1.10. The molecule has 6 nitrogen and oxygen atoms in total. The minimum absolute atomic E-state index is 0.564. The van der Waals surface area contributed by atoms with Gasteiger partial charge in [-0.15, -0.1) is 0 Å². The summed E-state index contributed by atoms with van der Waals surface area (Å²) in [6.07, 6.45) is 6.50. The van der Waals surface area contributed by atoms with E-state index < -0.39 is 0 Å². The van der Waals surface area contributed by atoms with Gasteiger partial charge in [-0.2, -0.15) is 5.10 Å². The molecular formula is C13H22N6. The van der Waals surface area contributed by atoms with Crippen molar-refractivity contribution in [2.24, 2.45) is 5.92 Å². The number of hydrogen-bond donors (Lipinski definition) is 1. The molecule has 104 valence electrons. The maximum Gasteiger partial charge on any atom is 0.146 e. The van der Waals surface area contributed by atoms with Gasteiger partial charge in [0.15, 0.2) is 0 Å². The van der Waals surface area contributed by atoms with Crippen molar-refractivity contribution in [3.8, 4) is 0 Å². The molecule has 0 aliphatic heterocycles. The molecule has 0 spiro atoms. The molecule has 0 fully saturated rings. The Balaban J connectivity index is 2.00. The van der Waals surface area contributed by atoms with E-state index in [4.69, 9.17) is 0 Å². The van der Waals surface area contributed by atoms with Gasteiger partial charge in [0.05, 0.1) is 18.6 Å². The lowest BCUT2D eigenvalue weighted by atomic mass is 10.2. The fraction of sp³-hybridized carbons (Fsp3) is 0.615. The quantitative estimate of drug-likeness (QED) is 0.807. The maximum absolute atomic E-state index is 4.39. The summed E-state index contributed by atoms with van der Waals surface area (Å²) in [4.78, 5) is 8.72. The van der Waals surface area contributed by atoms with E-state index >= 15 is 0 Å². The molecule has 2 aromatic heterocycles. The van der Waals surface area contributed by atoms with Crippen LogP contribution >= 0.6 is 0 Å². The molecule has 0 saturated heterocycles. The van der Waals surface area contributed by atoms with E-state index in [1.165, 1.54) is 0 Å². The number of nitrogens with zero attached hydrogens (tertiary/aromatic N) is 5. The van der Waals surface area contributed by atoms with E-state index in [2.05, 4.69) is 45.0 Å². The van der Waals surface area contributed by atoms with E-state index in [0.717, 1.165) is 37.6 Å². The molecule has 0 amide bonds. The van der Waals surface area contributed by atoms with Crippen LogP contribution in [0.15, 0.2) is 18.9 Å². The molecule has 2 rings (SSSR count). The van der Waals surface area contributed by atoms with Crippen molar-refractivity contribution in [3.63, 3.8) is 0 Å². The Bertz CT molecular complexity index is 499. The summed E-state index contributed by atoms with van der Waals surface area (Å²) >= 11 is 0. The van der Waals surface area contributed by atoms with Crippen molar-refractivity contribution in [2.45, 2.75) is 33.4 Å². The van der Waals surface area contributed by atoms with Crippen molar-refractivity contribution in [3.05, 3.63) is 30.4 Å². The number of aromatic nitrogens is 5. The van der Waals surface area contributed by atoms with E-state index in [0.29, 0.717) is 5.92 Å². The summed E-state index contributed by atoms with van der Waals surface area (Å²) in [6.45, 7) is 6.92. The fourth-order valence-electron chi connectivity index (χ4n) is 1.95. The SMILES string of the molecule is CNCCc1cn(Cc2ncnn2CC(C)C)cn1. The lowest BCUT2D eigenvalue weighted by molar-refractivity contribution is 0.461. The van der Waals surface area contributed by atoms with Crippen molar-refractivity contribution in [1.82, 2.24) is 29.6 Å². The molecule has 0 radical (unpaired) electrons. The summed E-state index contributed by atoms with van der Waals surface area (Å²) in [7, 11) is 1.95. The molecule has 6 heteroatoms. The van der Waals surface area contributed by atoms with Gasteiger partial charge in [0, 0.05) is 25.7 Å². The Labute approximate surface area is 113 Å². The van der Waals surface area contributed by atoms with Crippen LogP contribution in [0, 0.1) is 5.92 Å². The molecule has 0 atom stereocenters. The molecule has 0 aliphatic carbocycles. The lowest BCUT2D eigenvalue weighted by Crippen LogP contribution is -2.13. The highest BCUT2D eigenvalue weighted by Gasteiger charge is 2.07. The summed E-state index contributed by atoms with van der Waals surface area (Å²) in [6, 6.07) is 0. The van der Waals surface area contributed by atoms with Crippen LogP contribution in [0.1, 0.15) is 25.4 Å². The zero-order valence-electron chi connectivity index (χ0n) is 11.9. The first-order valence-corrected chi connectivity index (χ1v) is 6.71. The van der Waals surface area contributed by atoms with E-state index in [9.17, 15) is 0 Å². The zero-order valence-corrected chi connectivity index (χ0v) is 11.9. The number of likely N-dealkylation sites (N-methyl/N-ethyl adjacent to an activating group) is 1. The Morgan fingerprint density at radius 2 is 2.16 bits per heavy atom. The largest absolute Gasteiger partial charge is 0.330 e. The molecular weight excluding hydrogens is 240 g/mol. The highest BCUT2D eigenvalue weighted by molar-refractivity contribution is 4.99. The average molecular weight is 262 g/mol. The van der Waals surface area contributed by atoms with E-state index in [-0.39, 0.29) is 0 Å². The average Bonchev–Trinajstić information content (AvgIpc) is 2.97. The molecule has 0 saturated carbocycles. The van der Waals surface area contributed by atoms with Gasteiger partial charge < -0.3 is 9.88 Å². The molecule has 0 aliphatic rings. The van der Waals surface area contributed by atoms with Crippen LogP contribution in [0.3, 0.4) is 0 Å². The van der Waals surface area contributed by atoms with Crippen LogP contribution in [0.2, 0.25) is 0 Å². The second kappa shape index (κ2) is 6.47. The minimum Gasteiger partial charge on any atom is -0.330 e. The standard InChI is InChI=1S/C13H22N6/c1-11(2)6-19-13(15-9-17-19)8-18-7-12(16-10-18)4-5-14-3/h7,9-11,14H,4-6,8H2,1-3H3. The van der Waals surface area contributed by atoms with Crippen LogP contribution in [0.4, 0.5) is 0 Å². The number of rotatable bonds is 7. The van der Waals surface area contributed by atoms with Crippen LogP contribution in [-0.2, 0) is 19.5 Å². The Morgan fingerprint density at radius 3 is 2.89 bits per heavy atom. The first kappa shape index (κ1) is 13.7. The van der Waals surface area contributed by atoms with Crippen molar-refractivity contribution in [1.29, 1.82) is 0 Å². The Morgan fingerprint density at radius 1 is 1.32 bits per heavy atom.